The minimum absolute atomic E-state index is 0.124. The number of aryl methyl sites for hydroxylation is 1. The Hall–Kier alpha value is -1.55. The van der Waals surface area contributed by atoms with Gasteiger partial charge in [0.2, 0.25) is 5.91 Å². The zero-order valence-corrected chi connectivity index (χ0v) is 17.7. The molecule has 1 unspecified atom stereocenters. The highest BCUT2D eigenvalue weighted by Crippen LogP contribution is 2.40. The van der Waals surface area contributed by atoms with Crippen LogP contribution in [-0.2, 0) is 4.79 Å². The summed E-state index contributed by atoms with van der Waals surface area (Å²) in [5.41, 5.74) is 3.91. The van der Waals surface area contributed by atoms with Crippen LogP contribution in [0.2, 0.25) is 0 Å². The normalized spacial score (nSPS) is 17.1. The molecule has 2 rings (SSSR count). The van der Waals surface area contributed by atoms with Crippen molar-refractivity contribution in [3.8, 4) is 5.75 Å². The molecule has 1 atom stereocenters. The monoisotopic (exact) mass is 374 g/mol. The highest BCUT2D eigenvalue weighted by atomic mass is 16.3. The third-order valence-electron chi connectivity index (χ3n) is 5.76. The standard InChI is InChI=1S/C23H38N2O2/c1-5-7-8-9-14-25(21(26)11-6-2)22-17(3)15-20(18(4)23(22)27)19-12-10-13-24-16-19/h15,19,24,27H,5-14,16H2,1-4H3. The molecule has 0 aromatic heterocycles. The van der Waals surface area contributed by atoms with E-state index < -0.39 is 0 Å². The second-order valence-corrected chi connectivity index (χ2v) is 8.00. The maximum atomic E-state index is 12.8. The SMILES string of the molecule is CCCCCCN(C(=O)CCC)c1c(C)cc(C2CCCNC2)c(C)c1O. The van der Waals surface area contributed by atoms with Crippen molar-refractivity contribution in [3.63, 3.8) is 0 Å². The first-order valence-electron chi connectivity index (χ1n) is 10.8. The number of piperidine rings is 1. The van der Waals surface area contributed by atoms with Crippen LogP contribution in [0.4, 0.5) is 5.69 Å². The number of nitrogens with zero attached hydrogens (tertiary/aromatic N) is 1. The molecule has 1 aliphatic heterocycles. The number of unbranched alkanes of at least 4 members (excludes halogenated alkanes) is 3. The summed E-state index contributed by atoms with van der Waals surface area (Å²) < 4.78 is 0. The van der Waals surface area contributed by atoms with Crippen molar-refractivity contribution in [2.24, 2.45) is 0 Å². The van der Waals surface area contributed by atoms with Crippen LogP contribution in [0.15, 0.2) is 6.07 Å². The lowest BCUT2D eigenvalue weighted by atomic mass is 9.86. The first-order valence-corrected chi connectivity index (χ1v) is 10.8. The van der Waals surface area contributed by atoms with E-state index in [4.69, 9.17) is 0 Å². The molecule has 1 saturated heterocycles. The number of amides is 1. The van der Waals surface area contributed by atoms with Gasteiger partial charge in [0.15, 0.2) is 0 Å². The fourth-order valence-corrected chi connectivity index (χ4v) is 4.20. The quantitative estimate of drug-likeness (QED) is 0.585. The van der Waals surface area contributed by atoms with Gasteiger partial charge in [-0.05, 0) is 68.7 Å². The van der Waals surface area contributed by atoms with Gasteiger partial charge in [-0.1, -0.05) is 39.2 Å². The van der Waals surface area contributed by atoms with Crippen molar-refractivity contribution < 1.29 is 9.90 Å². The molecule has 0 saturated carbocycles. The van der Waals surface area contributed by atoms with Gasteiger partial charge in [-0.15, -0.1) is 0 Å². The lowest BCUT2D eigenvalue weighted by Crippen LogP contribution is -2.33. The number of rotatable bonds is 9. The minimum Gasteiger partial charge on any atom is -0.505 e. The van der Waals surface area contributed by atoms with E-state index in [1.54, 1.807) is 0 Å². The molecule has 1 amide bonds. The van der Waals surface area contributed by atoms with E-state index in [0.717, 1.165) is 55.6 Å². The third-order valence-corrected chi connectivity index (χ3v) is 5.76. The van der Waals surface area contributed by atoms with Crippen molar-refractivity contribution in [1.82, 2.24) is 5.32 Å². The molecule has 0 radical (unpaired) electrons. The molecule has 1 aliphatic rings. The molecular weight excluding hydrogens is 336 g/mol. The van der Waals surface area contributed by atoms with Gasteiger partial charge in [0.05, 0.1) is 5.69 Å². The Morgan fingerprint density at radius 3 is 2.63 bits per heavy atom. The average Bonchev–Trinajstić information content (AvgIpc) is 2.67. The first-order chi connectivity index (χ1) is 13.0. The van der Waals surface area contributed by atoms with Gasteiger partial charge in [0.25, 0.3) is 0 Å². The summed E-state index contributed by atoms with van der Waals surface area (Å²) in [6.45, 7) is 11.0. The zero-order valence-electron chi connectivity index (χ0n) is 17.7. The van der Waals surface area contributed by atoms with Crippen LogP contribution in [0.25, 0.3) is 0 Å². The first kappa shape index (κ1) is 21.7. The molecule has 0 aliphatic carbocycles. The maximum Gasteiger partial charge on any atom is 0.227 e. The predicted octanol–water partition coefficient (Wildman–Crippen LogP) is 5.19. The highest BCUT2D eigenvalue weighted by molar-refractivity contribution is 5.96. The van der Waals surface area contributed by atoms with Crippen molar-refractivity contribution in [2.45, 2.75) is 85.0 Å². The summed E-state index contributed by atoms with van der Waals surface area (Å²) in [5.74, 6) is 0.871. The second-order valence-electron chi connectivity index (χ2n) is 8.00. The van der Waals surface area contributed by atoms with E-state index in [0.29, 0.717) is 24.6 Å². The summed E-state index contributed by atoms with van der Waals surface area (Å²) in [5, 5.41) is 14.5. The molecule has 1 fully saturated rings. The molecular formula is C23H38N2O2. The number of aromatic hydroxyl groups is 1. The topological polar surface area (TPSA) is 52.6 Å². The molecule has 0 bridgehead atoms. The van der Waals surface area contributed by atoms with Crippen molar-refractivity contribution >= 4 is 11.6 Å². The number of carbonyl (C=O) groups excluding carboxylic acids is 1. The largest absolute Gasteiger partial charge is 0.505 e. The predicted molar refractivity (Wildman–Crippen MR) is 114 cm³/mol. The summed E-state index contributed by atoms with van der Waals surface area (Å²) in [6.07, 6.45) is 8.15. The Bertz CT molecular complexity index is 621. The van der Waals surface area contributed by atoms with E-state index in [1.165, 1.54) is 24.8 Å². The van der Waals surface area contributed by atoms with Crippen LogP contribution in [0.3, 0.4) is 0 Å². The Labute approximate surface area is 165 Å². The van der Waals surface area contributed by atoms with Gasteiger partial charge in [-0.25, -0.2) is 0 Å². The maximum absolute atomic E-state index is 12.8. The molecule has 1 aromatic carbocycles. The second kappa shape index (κ2) is 10.7. The fourth-order valence-electron chi connectivity index (χ4n) is 4.20. The van der Waals surface area contributed by atoms with Crippen molar-refractivity contribution in [1.29, 1.82) is 0 Å². The van der Waals surface area contributed by atoms with Gasteiger partial charge < -0.3 is 15.3 Å². The van der Waals surface area contributed by atoms with Gasteiger partial charge in [-0.2, -0.15) is 0 Å². The molecule has 4 nitrogen and oxygen atoms in total. The Morgan fingerprint density at radius 2 is 2.00 bits per heavy atom. The summed E-state index contributed by atoms with van der Waals surface area (Å²) in [6, 6.07) is 2.21. The zero-order chi connectivity index (χ0) is 19.8. The Balaban J connectivity index is 2.33. The number of phenolic OH excluding ortho intramolecular Hbond substituents is 1. The molecule has 152 valence electrons. The third kappa shape index (κ3) is 5.47. The average molecular weight is 375 g/mol. The van der Waals surface area contributed by atoms with E-state index in [9.17, 15) is 9.90 Å². The number of hydrogen-bond donors (Lipinski definition) is 2. The fraction of sp³-hybridized carbons (Fsp3) is 0.696. The van der Waals surface area contributed by atoms with Crippen LogP contribution >= 0.6 is 0 Å². The number of phenols is 1. The van der Waals surface area contributed by atoms with Gasteiger partial charge in [0.1, 0.15) is 5.75 Å². The molecule has 0 spiro atoms. The van der Waals surface area contributed by atoms with Crippen LogP contribution < -0.4 is 10.2 Å². The summed E-state index contributed by atoms with van der Waals surface area (Å²) >= 11 is 0. The smallest absolute Gasteiger partial charge is 0.227 e. The Kier molecular flexibility index (Phi) is 8.62. The van der Waals surface area contributed by atoms with E-state index in [1.807, 2.05) is 25.7 Å². The van der Waals surface area contributed by atoms with Crippen LogP contribution in [-0.4, -0.2) is 30.6 Å². The minimum atomic E-state index is 0.124. The number of hydrogen-bond acceptors (Lipinski definition) is 3. The van der Waals surface area contributed by atoms with Gasteiger partial charge in [-0.3, -0.25) is 4.79 Å². The lowest BCUT2D eigenvalue weighted by molar-refractivity contribution is -0.118. The Morgan fingerprint density at radius 1 is 1.22 bits per heavy atom. The molecule has 27 heavy (non-hydrogen) atoms. The van der Waals surface area contributed by atoms with Crippen LogP contribution in [0, 0.1) is 13.8 Å². The van der Waals surface area contributed by atoms with E-state index in [2.05, 4.69) is 18.3 Å². The highest BCUT2D eigenvalue weighted by Gasteiger charge is 2.25. The number of nitrogens with one attached hydrogen (secondary N) is 1. The lowest BCUT2D eigenvalue weighted by Gasteiger charge is -2.30. The molecule has 4 heteroatoms. The number of benzene rings is 1. The van der Waals surface area contributed by atoms with Crippen molar-refractivity contribution in [2.75, 3.05) is 24.5 Å². The van der Waals surface area contributed by atoms with E-state index >= 15 is 0 Å². The number of carbonyl (C=O) groups is 1. The molecule has 1 aromatic rings. The van der Waals surface area contributed by atoms with Crippen LogP contribution in [0.5, 0.6) is 5.75 Å². The van der Waals surface area contributed by atoms with E-state index in [-0.39, 0.29) is 5.91 Å². The van der Waals surface area contributed by atoms with Gasteiger partial charge in [0, 0.05) is 19.5 Å². The van der Waals surface area contributed by atoms with Crippen molar-refractivity contribution in [3.05, 3.63) is 22.8 Å². The summed E-state index contributed by atoms with van der Waals surface area (Å²) in [7, 11) is 0. The summed E-state index contributed by atoms with van der Waals surface area (Å²) in [4.78, 5) is 14.7. The molecule has 2 N–H and O–H groups in total. The van der Waals surface area contributed by atoms with Gasteiger partial charge >= 0.3 is 0 Å². The molecule has 1 heterocycles. The number of anilines is 1. The van der Waals surface area contributed by atoms with Crippen LogP contribution in [0.1, 0.15) is 87.8 Å².